The lowest BCUT2D eigenvalue weighted by atomic mass is 10.1. The first kappa shape index (κ1) is 13.7. The Bertz CT molecular complexity index is 500. The molecule has 0 radical (unpaired) electrons. The number of carbonyl (C=O) groups is 1. The lowest BCUT2D eigenvalue weighted by molar-refractivity contribution is -0.174. The van der Waals surface area contributed by atoms with Gasteiger partial charge in [0.25, 0.3) is 0 Å². The molecular formula is C12H13F3N2O2. The molecular weight excluding hydrogens is 261 g/mol. The molecule has 1 aliphatic carbocycles. The largest absolute Gasteiger partial charge is 0.471 e. The highest BCUT2D eigenvalue weighted by Gasteiger charge is 2.40. The van der Waals surface area contributed by atoms with Crippen LogP contribution in [-0.4, -0.2) is 30.4 Å². The van der Waals surface area contributed by atoms with Crippen LogP contribution in [0.4, 0.5) is 18.9 Å². The van der Waals surface area contributed by atoms with Gasteiger partial charge in [-0.05, 0) is 36.1 Å². The van der Waals surface area contributed by atoms with Gasteiger partial charge in [-0.15, -0.1) is 0 Å². The summed E-state index contributed by atoms with van der Waals surface area (Å²) in [5, 5.41) is 12.2. The summed E-state index contributed by atoms with van der Waals surface area (Å²) in [5.41, 5.74) is 2.28. The molecule has 1 aliphatic rings. The van der Waals surface area contributed by atoms with E-state index in [1.165, 1.54) is 7.05 Å². The molecule has 19 heavy (non-hydrogen) atoms. The van der Waals surface area contributed by atoms with Crippen LogP contribution in [0, 0.1) is 0 Å². The van der Waals surface area contributed by atoms with Crippen molar-refractivity contribution in [2.45, 2.75) is 25.1 Å². The summed E-state index contributed by atoms with van der Waals surface area (Å²) in [6.07, 6.45) is -4.16. The molecule has 0 saturated heterocycles. The molecule has 1 atom stereocenters. The quantitative estimate of drug-likeness (QED) is 0.806. The summed E-state index contributed by atoms with van der Waals surface area (Å²) in [4.78, 5) is 10.9. The fourth-order valence-electron chi connectivity index (χ4n) is 2.18. The monoisotopic (exact) mass is 274 g/mol. The summed E-state index contributed by atoms with van der Waals surface area (Å²) in [6, 6.07) is 4.57. The zero-order chi connectivity index (χ0) is 14.2. The molecule has 2 rings (SSSR count). The van der Waals surface area contributed by atoms with Crippen LogP contribution >= 0.6 is 0 Å². The van der Waals surface area contributed by atoms with Crippen molar-refractivity contribution in [3.63, 3.8) is 0 Å². The first-order valence-corrected chi connectivity index (χ1v) is 5.69. The molecule has 0 aliphatic heterocycles. The Labute approximate surface area is 107 Å². The van der Waals surface area contributed by atoms with E-state index < -0.39 is 18.1 Å². The van der Waals surface area contributed by atoms with Crippen LogP contribution in [0.5, 0.6) is 0 Å². The molecule has 1 aromatic rings. The first-order valence-electron chi connectivity index (χ1n) is 5.69. The van der Waals surface area contributed by atoms with Crippen LogP contribution in [0.1, 0.15) is 11.1 Å². The third-order valence-electron chi connectivity index (χ3n) is 3.09. The van der Waals surface area contributed by atoms with Gasteiger partial charge in [-0.2, -0.15) is 13.2 Å². The Morgan fingerprint density at radius 1 is 1.37 bits per heavy atom. The number of nitrogens with one attached hydrogen (secondary N) is 1. The molecule has 0 aromatic heterocycles. The second kappa shape index (κ2) is 4.73. The van der Waals surface area contributed by atoms with Crippen molar-refractivity contribution in [2.75, 3.05) is 12.1 Å². The molecule has 0 spiro atoms. The summed E-state index contributed by atoms with van der Waals surface area (Å²) < 4.78 is 36.4. The van der Waals surface area contributed by atoms with Crippen molar-refractivity contribution in [3.8, 4) is 0 Å². The van der Waals surface area contributed by atoms with Crippen molar-refractivity contribution in [3.05, 3.63) is 29.3 Å². The van der Waals surface area contributed by atoms with E-state index in [1.54, 1.807) is 18.2 Å². The zero-order valence-corrected chi connectivity index (χ0v) is 10.2. The predicted octanol–water partition coefficient (Wildman–Crippen LogP) is 1.66. The van der Waals surface area contributed by atoms with Gasteiger partial charge < -0.3 is 5.32 Å². The number of amides is 1. The van der Waals surface area contributed by atoms with E-state index in [1.807, 2.05) is 5.32 Å². The van der Waals surface area contributed by atoms with Crippen molar-refractivity contribution in [1.29, 1.82) is 0 Å². The molecule has 1 aromatic carbocycles. The van der Waals surface area contributed by atoms with Crippen molar-refractivity contribution in [2.24, 2.45) is 0 Å². The number of rotatable bonds is 2. The van der Waals surface area contributed by atoms with Crippen LogP contribution in [0.3, 0.4) is 0 Å². The molecule has 0 bridgehead atoms. The Kier molecular flexibility index (Phi) is 3.40. The van der Waals surface area contributed by atoms with E-state index in [0.29, 0.717) is 18.5 Å². The SMILES string of the molecule is CN(O)c1ccc2c(c1)CC(NC(=O)C(F)(F)F)C2. The van der Waals surface area contributed by atoms with Crippen molar-refractivity contribution >= 4 is 11.6 Å². The zero-order valence-electron chi connectivity index (χ0n) is 10.2. The lowest BCUT2D eigenvalue weighted by Crippen LogP contribution is -2.43. The Morgan fingerprint density at radius 2 is 2.00 bits per heavy atom. The maximum atomic E-state index is 12.1. The van der Waals surface area contributed by atoms with E-state index in [9.17, 15) is 23.2 Å². The minimum Gasteiger partial charge on any atom is -0.345 e. The maximum Gasteiger partial charge on any atom is 0.471 e. The van der Waals surface area contributed by atoms with Gasteiger partial charge in [0.2, 0.25) is 0 Å². The van der Waals surface area contributed by atoms with Crippen LogP contribution in [-0.2, 0) is 17.6 Å². The van der Waals surface area contributed by atoms with E-state index in [2.05, 4.69) is 0 Å². The highest BCUT2D eigenvalue weighted by molar-refractivity contribution is 5.82. The standard InChI is InChI=1S/C12H13F3N2O2/c1-17(19)10-3-2-7-4-9(5-8(7)6-10)16-11(18)12(13,14)15/h2-3,6,9,19H,4-5H2,1H3,(H,16,18). The number of hydrogen-bond donors (Lipinski definition) is 2. The molecule has 0 saturated carbocycles. The molecule has 1 unspecified atom stereocenters. The van der Waals surface area contributed by atoms with Crippen LogP contribution in [0.2, 0.25) is 0 Å². The van der Waals surface area contributed by atoms with Gasteiger partial charge in [0.15, 0.2) is 0 Å². The van der Waals surface area contributed by atoms with Crippen LogP contribution < -0.4 is 10.4 Å². The fraction of sp³-hybridized carbons (Fsp3) is 0.417. The van der Waals surface area contributed by atoms with Gasteiger partial charge in [0.1, 0.15) is 0 Å². The number of fused-ring (bicyclic) bond motifs is 1. The Morgan fingerprint density at radius 3 is 2.58 bits per heavy atom. The van der Waals surface area contributed by atoms with Gasteiger partial charge in [-0.1, -0.05) is 6.07 Å². The van der Waals surface area contributed by atoms with Gasteiger partial charge in [0.05, 0.1) is 5.69 Å². The number of halogens is 3. The summed E-state index contributed by atoms with van der Waals surface area (Å²) in [6.45, 7) is 0. The van der Waals surface area contributed by atoms with Gasteiger partial charge in [-0.3, -0.25) is 15.1 Å². The Hall–Kier alpha value is -1.76. The molecule has 4 nitrogen and oxygen atoms in total. The van der Waals surface area contributed by atoms with Crippen molar-refractivity contribution < 1.29 is 23.2 Å². The third kappa shape index (κ3) is 2.98. The normalized spacial score (nSPS) is 18.1. The third-order valence-corrected chi connectivity index (χ3v) is 3.09. The number of carbonyl (C=O) groups excluding carboxylic acids is 1. The highest BCUT2D eigenvalue weighted by Crippen LogP contribution is 2.27. The lowest BCUT2D eigenvalue weighted by Gasteiger charge is -2.13. The van der Waals surface area contributed by atoms with Crippen LogP contribution in [0.25, 0.3) is 0 Å². The number of alkyl halides is 3. The molecule has 2 N–H and O–H groups in total. The molecule has 0 heterocycles. The molecule has 1 amide bonds. The fourth-order valence-corrected chi connectivity index (χ4v) is 2.18. The minimum atomic E-state index is -4.86. The summed E-state index contributed by atoms with van der Waals surface area (Å²) >= 11 is 0. The van der Waals surface area contributed by atoms with Gasteiger partial charge >= 0.3 is 12.1 Å². The number of anilines is 1. The smallest absolute Gasteiger partial charge is 0.345 e. The molecule has 0 fully saturated rings. The predicted molar refractivity (Wildman–Crippen MR) is 62.0 cm³/mol. The number of nitrogens with zero attached hydrogens (tertiary/aromatic N) is 1. The topological polar surface area (TPSA) is 52.6 Å². The summed E-state index contributed by atoms with van der Waals surface area (Å²) in [7, 11) is 1.46. The van der Waals surface area contributed by atoms with Crippen LogP contribution in [0.15, 0.2) is 18.2 Å². The number of benzene rings is 1. The average molecular weight is 274 g/mol. The van der Waals surface area contributed by atoms with E-state index in [-0.39, 0.29) is 0 Å². The highest BCUT2D eigenvalue weighted by atomic mass is 19.4. The first-order chi connectivity index (χ1) is 8.77. The Balaban J connectivity index is 2.06. The van der Waals surface area contributed by atoms with Gasteiger partial charge in [0, 0.05) is 13.1 Å². The van der Waals surface area contributed by atoms with E-state index in [0.717, 1.165) is 16.2 Å². The molecule has 7 heteroatoms. The second-order valence-corrected chi connectivity index (χ2v) is 4.55. The van der Waals surface area contributed by atoms with E-state index in [4.69, 9.17) is 0 Å². The maximum absolute atomic E-state index is 12.1. The molecule has 104 valence electrons. The van der Waals surface area contributed by atoms with Gasteiger partial charge in [-0.25, -0.2) is 0 Å². The number of hydroxylamine groups is 1. The number of hydrogen-bond acceptors (Lipinski definition) is 3. The second-order valence-electron chi connectivity index (χ2n) is 4.55. The van der Waals surface area contributed by atoms with E-state index >= 15 is 0 Å². The minimum absolute atomic E-state index is 0.332. The van der Waals surface area contributed by atoms with Crippen molar-refractivity contribution in [1.82, 2.24) is 5.32 Å². The average Bonchev–Trinajstić information content (AvgIpc) is 2.68. The summed E-state index contributed by atoms with van der Waals surface area (Å²) in [5.74, 6) is -1.91.